The first-order chi connectivity index (χ1) is 37.5. The van der Waals surface area contributed by atoms with E-state index in [9.17, 15) is 0 Å². The number of hydrogen-bond acceptors (Lipinski definition) is 16. The second kappa shape index (κ2) is 25.7. The van der Waals surface area contributed by atoms with Crippen molar-refractivity contribution in [1.82, 2.24) is 49.5 Å². The molecule has 4 fully saturated rings. The van der Waals surface area contributed by atoms with E-state index < -0.39 is 0 Å². The van der Waals surface area contributed by atoms with E-state index in [0.717, 1.165) is 159 Å². The zero-order valence-corrected chi connectivity index (χ0v) is 57.0. The smallest absolute Gasteiger partial charge is 0.232 e. The van der Waals surface area contributed by atoms with Crippen LogP contribution in [-0.2, 0) is 0 Å². The van der Waals surface area contributed by atoms with Crippen LogP contribution in [0.4, 0.5) is 35.7 Å². The number of nitrogens with one attached hydrogen (secondary N) is 2. The maximum absolute atomic E-state index is 5.68. The predicted octanol–water partition coefficient (Wildman–Crippen LogP) is 13.3. The predicted molar refractivity (Wildman–Crippen MR) is 346 cm³/mol. The monoisotopic (exact) mass is 1130 g/mol. The van der Waals surface area contributed by atoms with Crippen LogP contribution in [0.1, 0.15) is 255 Å². The summed E-state index contributed by atoms with van der Waals surface area (Å²) < 4.78 is 0. The van der Waals surface area contributed by atoms with Gasteiger partial charge in [-0.25, -0.2) is 0 Å². The molecule has 0 aliphatic carbocycles. The van der Waals surface area contributed by atoms with E-state index in [0.29, 0.717) is 11.9 Å². The van der Waals surface area contributed by atoms with Gasteiger partial charge in [-0.1, -0.05) is 60.3 Å². The SMILES string of the molecule is CCCCN(c1nc(NC(CC)Nc2nc(N(CCCC)C3CC(C)(C)N(C)C(C)(C)C3)nc(N(CCCC)C3CC(C)(C)N(C)C(C)(C)C3)n2)nc(N(CCCC)C2CC(C)(C)N(C)C(C)(C)C2)n1)C1CC(C)(C)N(C)C(C)(C)C1. The molecule has 0 aromatic carbocycles. The molecule has 0 spiro atoms. The molecule has 6 heterocycles. The fourth-order valence-electron chi connectivity index (χ4n) is 15.2. The summed E-state index contributed by atoms with van der Waals surface area (Å²) in [6, 6.07) is 1.00. The molecule has 6 rings (SSSR count). The maximum Gasteiger partial charge on any atom is 0.232 e. The van der Waals surface area contributed by atoms with Crippen molar-refractivity contribution in [1.29, 1.82) is 0 Å². The van der Waals surface area contributed by atoms with Crippen molar-refractivity contribution in [3.8, 4) is 0 Å². The third-order valence-electron chi connectivity index (χ3n) is 21.2. The summed E-state index contributed by atoms with van der Waals surface area (Å²) in [4.78, 5) is 54.2. The molecule has 16 nitrogen and oxygen atoms in total. The summed E-state index contributed by atoms with van der Waals surface area (Å²) in [7, 11) is 9.22. The van der Waals surface area contributed by atoms with Crippen LogP contribution in [-0.4, -0.2) is 179 Å². The van der Waals surface area contributed by atoms with Crippen LogP contribution in [0.15, 0.2) is 0 Å². The van der Waals surface area contributed by atoms with Gasteiger partial charge >= 0.3 is 0 Å². The number of aromatic nitrogens is 6. The second-order valence-electron chi connectivity index (χ2n) is 30.9. The third kappa shape index (κ3) is 15.4. The topological polar surface area (TPSA) is 127 Å². The molecule has 4 aliphatic heterocycles. The summed E-state index contributed by atoms with van der Waals surface area (Å²) in [6.07, 6.45) is 17.2. The maximum atomic E-state index is 5.68. The van der Waals surface area contributed by atoms with Crippen LogP contribution in [0.5, 0.6) is 0 Å². The Morgan fingerprint density at radius 1 is 0.346 bits per heavy atom. The van der Waals surface area contributed by atoms with Crippen molar-refractivity contribution in [2.75, 3.05) is 84.6 Å². The first-order valence-electron chi connectivity index (χ1n) is 32.6. The molecule has 0 radical (unpaired) electrons. The fraction of sp³-hybridized carbons (Fsp3) is 0.908. The Hall–Kier alpha value is -3.34. The minimum Gasteiger partial charge on any atom is -0.338 e. The van der Waals surface area contributed by atoms with Crippen molar-refractivity contribution in [3.05, 3.63) is 0 Å². The highest BCUT2D eigenvalue weighted by atomic mass is 15.4. The molecule has 2 aromatic rings. The van der Waals surface area contributed by atoms with Gasteiger partial charge in [0.15, 0.2) is 0 Å². The normalized spacial score (nSPS) is 23.4. The molecule has 16 heteroatoms. The van der Waals surface area contributed by atoms with Gasteiger partial charge in [0.1, 0.15) is 6.17 Å². The third-order valence-corrected chi connectivity index (χ3v) is 21.2. The molecule has 0 saturated carbocycles. The van der Waals surface area contributed by atoms with Crippen LogP contribution in [0, 0.1) is 0 Å². The van der Waals surface area contributed by atoms with Crippen LogP contribution in [0.2, 0.25) is 0 Å². The van der Waals surface area contributed by atoms with Crippen LogP contribution in [0.3, 0.4) is 0 Å². The highest BCUT2D eigenvalue weighted by molar-refractivity contribution is 5.51. The number of nitrogens with zero attached hydrogens (tertiary/aromatic N) is 14. The summed E-state index contributed by atoms with van der Waals surface area (Å²) in [5.74, 6) is 4.27. The number of unbranched alkanes of at least 4 members (excludes halogenated alkanes) is 4. The first-order valence-corrected chi connectivity index (χ1v) is 32.6. The van der Waals surface area contributed by atoms with Gasteiger partial charge in [0, 0.05) is 94.7 Å². The van der Waals surface area contributed by atoms with Crippen molar-refractivity contribution in [2.24, 2.45) is 0 Å². The van der Waals surface area contributed by atoms with E-state index in [-0.39, 0.29) is 74.6 Å². The fourth-order valence-corrected chi connectivity index (χ4v) is 15.2. The number of likely N-dealkylation sites (tertiary alicyclic amines) is 4. The molecule has 0 bridgehead atoms. The van der Waals surface area contributed by atoms with E-state index >= 15 is 0 Å². The van der Waals surface area contributed by atoms with Gasteiger partial charge in [-0.3, -0.25) is 19.6 Å². The summed E-state index contributed by atoms with van der Waals surface area (Å²) in [5.41, 5.74) is -0.0835. The van der Waals surface area contributed by atoms with E-state index in [4.69, 9.17) is 29.9 Å². The Kier molecular flexibility index (Phi) is 21.2. The van der Waals surface area contributed by atoms with E-state index in [1.165, 1.54) is 0 Å². The number of anilines is 6. The molecule has 0 unspecified atom stereocenters. The summed E-state index contributed by atoms with van der Waals surface area (Å²) >= 11 is 0. The molecular weight excluding hydrogens is 1000 g/mol. The van der Waals surface area contributed by atoms with Gasteiger partial charge in [-0.15, -0.1) is 0 Å². The summed E-state index contributed by atoms with van der Waals surface area (Å²) in [6.45, 7) is 53.5. The first kappa shape index (κ1) is 66.8. The van der Waals surface area contributed by atoms with Gasteiger partial charge < -0.3 is 30.2 Å². The van der Waals surface area contributed by atoms with Gasteiger partial charge in [-0.2, -0.15) is 29.9 Å². The zero-order chi connectivity index (χ0) is 60.5. The van der Waals surface area contributed by atoms with Crippen LogP contribution in [0.25, 0.3) is 0 Å². The molecule has 2 N–H and O–H groups in total. The standard InChI is InChI=1S/C65H124N16/c1-26-31-35-78(47-39-58(6,7)74(22)59(8,9)40-47)54-68-52(69-55(72-54)79(36-32-27-2)48-41-60(10,11)75(23)61(12,13)42-48)66-51(30-5)67-53-70-56(80(37-33-28-3)49-43-62(14,15)76(24)63(16,17)44-49)73-57(71-53)81(38-34-29-4)50-45-64(18,19)77(25)65(20,21)46-50/h47-51H,26-46H2,1-25H3,(H,66,68,69,72)(H,67,70,71,73). The zero-order valence-electron chi connectivity index (χ0n) is 57.0. The molecule has 464 valence electrons. The second-order valence-corrected chi connectivity index (χ2v) is 30.9. The van der Waals surface area contributed by atoms with E-state index in [1.54, 1.807) is 0 Å². The average molecular weight is 1130 g/mol. The minimum atomic E-state index is -0.303. The Balaban J connectivity index is 1.53. The lowest BCUT2D eigenvalue weighted by Crippen LogP contribution is -2.63. The van der Waals surface area contributed by atoms with Crippen LogP contribution >= 0.6 is 0 Å². The highest BCUT2D eigenvalue weighted by Crippen LogP contribution is 2.45. The Labute approximate surface area is 496 Å². The number of hydrogen-bond donors (Lipinski definition) is 2. The molecule has 4 saturated heterocycles. The average Bonchev–Trinajstić information content (AvgIpc) is 3.48. The Morgan fingerprint density at radius 3 is 0.691 bits per heavy atom. The minimum absolute atomic E-state index is 0.0104. The lowest BCUT2D eigenvalue weighted by Gasteiger charge is -2.56. The lowest BCUT2D eigenvalue weighted by atomic mass is 9.77. The number of piperidine rings is 4. The van der Waals surface area contributed by atoms with Gasteiger partial charge in [0.25, 0.3) is 0 Å². The number of rotatable bonds is 25. The molecular formula is C65H124N16. The van der Waals surface area contributed by atoms with Crippen molar-refractivity contribution < 1.29 is 0 Å². The molecule has 4 aliphatic rings. The van der Waals surface area contributed by atoms with Crippen molar-refractivity contribution >= 4 is 35.7 Å². The van der Waals surface area contributed by atoms with Crippen LogP contribution < -0.4 is 30.2 Å². The van der Waals surface area contributed by atoms with Crippen molar-refractivity contribution in [3.63, 3.8) is 0 Å². The van der Waals surface area contributed by atoms with Gasteiger partial charge in [0.05, 0.1) is 0 Å². The molecule has 81 heavy (non-hydrogen) atoms. The molecule has 2 aromatic heterocycles. The molecule has 0 amide bonds. The lowest BCUT2D eigenvalue weighted by molar-refractivity contribution is -0.0135. The summed E-state index contributed by atoms with van der Waals surface area (Å²) in [5, 5.41) is 7.86. The van der Waals surface area contributed by atoms with Gasteiger partial charge in [0.2, 0.25) is 35.7 Å². The van der Waals surface area contributed by atoms with E-state index in [2.05, 4.69) is 223 Å². The van der Waals surface area contributed by atoms with Gasteiger partial charge in [-0.05, 0) is 222 Å². The largest absolute Gasteiger partial charge is 0.338 e. The quantitative estimate of drug-likeness (QED) is 0.0915. The Morgan fingerprint density at radius 2 is 0.531 bits per heavy atom. The van der Waals surface area contributed by atoms with E-state index in [1.807, 2.05) is 0 Å². The Bertz CT molecular complexity index is 1950. The highest BCUT2D eigenvalue weighted by Gasteiger charge is 2.50. The molecule has 0 atom stereocenters. The van der Waals surface area contributed by atoms with Crippen molar-refractivity contribution in [2.45, 2.75) is 329 Å².